The van der Waals surface area contributed by atoms with Gasteiger partial charge in [-0.2, -0.15) is 0 Å². The highest BCUT2D eigenvalue weighted by molar-refractivity contribution is 5.73. The van der Waals surface area contributed by atoms with Crippen molar-refractivity contribution >= 4 is 5.91 Å². The third-order valence-electron chi connectivity index (χ3n) is 1.78. The zero-order valence-corrected chi connectivity index (χ0v) is 8.05. The highest BCUT2D eigenvalue weighted by Gasteiger charge is 2.10. The lowest BCUT2D eigenvalue weighted by atomic mass is 10.2. The molecule has 0 aliphatic heterocycles. The van der Waals surface area contributed by atoms with Gasteiger partial charge in [-0.1, -0.05) is 13.3 Å². The Hall–Kier alpha value is -0.530. The monoisotopic (exact) mass is 157 g/mol. The maximum absolute atomic E-state index is 11.0. The largest absolute Gasteiger partial charge is 0.341 e. The van der Waals surface area contributed by atoms with Crippen LogP contribution < -0.4 is 0 Å². The van der Waals surface area contributed by atoms with E-state index in [1.165, 1.54) is 0 Å². The SMILES string of the molecule is CCCCN(C(C)=O)C(C)C. The molecule has 0 saturated heterocycles. The van der Waals surface area contributed by atoms with E-state index < -0.39 is 0 Å². The predicted octanol–water partition coefficient (Wildman–Crippen LogP) is 2.04. The molecule has 0 heterocycles. The first kappa shape index (κ1) is 10.5. The van der Waals surface area contributed by atoms with E-state index in [1.807, 2.05) is 4.90 Å². The summed E-state index contributed by atoms with van der Waals surface area (Å²) in [5.74, 6) is 0.188. The van der Waals surface area contributed by atoms with Crippen LogP contribution in [0.25, 0.3) is 0 Å². The Labute approximate surface area is 69.6 Å². The molecule has 0 rings (SSSR count). The molecule has 0 aromatic heterocycles. The predicted molar refractivity (Wildman–Crippen MR) is 47.4 cm³/mol. The number of nitrogens with zero attached hydrogens (tertiary/aromatic N) is 1. The maximum atomic E-state index is 11.0. The van der Waals surface area contributed by atoms with Crippen LogP contribution in [-0.4, -0.2) is 23.4 Å². The molecule has 0 saturated carbocycles. The number of carbonyl (C=O) groups excluding carboxylic acids is 1. The van der Waals surface area contributed by atoms with Crippen molar-refractivity contribution in [2.24, 2.45) is 0 Å². The fraction of sp³-hybridized carbons (Fsp3) is 0.889. The second-order valence-electron chi connectivity index (χ2n) is 3.16. The van der Waals surface area contributed by atoms with E-state index in [4.69, 9.17) is 0 Å². The average Bonchev–Trinajstić information content (AvgIpc) is 1.87. The van der Waals surface area contributed by atoms with Gasteiger partial charge in [0.25, 0.3) is 0 Å². The summed E-state index contributed by atoms with van der Waals surface area (Å²) < 4.78 is 0. The Morgan fingerprint density at radius 1 is 1.45 bits per heavy atom. The molecule has 0 bridgehead atoms. The minimum atomic E-state index is 0.188. The van der Waals surface area contributed by atoms with Crippen LogP contribution in [-0.2, 0) is 4.79 Å². The number of carbonyl (C=O) groups is 1. The van der Waals surface area contributed by atoms with E-state index in [0.29, 0.717) is 6.04 Å². The Morgan fingerprint density at radius 2 is 2.00 bits per heavy atom. The van der Waals surface area contributed by atoms with Gasteiger partial charge in [0, 0.05) is 19.5 Å². The van der Waals surface area contributed by atoms with E-state index in [9.17, 15) is 4.79 Å². The standard InChI is InChI=1S/C9H19NO/c1-5-6-7-10(8(2)3)9(4)11/h8H,5-7H2,1-4H3. The van der Waals surface area contributed by atoms with Gasteiger partial charge in [0.15, 0.2) is 0 Å². The maximum Gasteiger partial charge on any atom is 0.219 e. The number of hydrogen-bond donors (Lipinski definition) is 0. The van der Waals surface area contributed by atoms with Gasteiger partial charge in [0.1, 0.15) is 0 Å². The first-order valence-electron chi connectivity index (χ1n) is 4.36. The fourth-order valence-corrected chi connectivity index (χ4v) is 1.11. The number of amides is 1. The quantitative estimate of drug-likeness (QED) is 0.611. The van der Waals surface area contributed by atoms with Gasteiger partial charge in [0.05, 0.1) is 0 Å². The van der Waals surface area contributed by atoms with Crippen molar-refractivity contribution < 1.29 is 4.79 Å². The zero-order chi connectivity index (χ0) is 8.85. The number of rotatable bonds is 4. The number of unbranched alkanes of at least 4 members (excludes halogenated alkanes) is 1. The van der Waals surface area contributed by atoms with Gasteiger partial charge >= 0.3 is 0 Å². The molecule has 0 unspecified atom stereocenters. The molecule has 0 aliphatic carbocycles. The van der Waals surface area contributed by atoms with Gasteiger partial charge in [-0.05, 0) is 20.3 Å². The molecule has 2 nitrogen and oxygen atoms in total. The summed E-state index contributed by atoms with van der Waals surface area (Å²) in [6, 6.07) is 0.346. The molecule has 0 aromatic rings. The normalized spacial score (nSPS) is 10.3. The summed E-state index contributed by atoms with van der Waals surface area (Å²) in [7, 11) is 0. The highest BCUT2D eigenvalue weighted by Crippen LogP contribution is 2.01. The van der Waals surface area contributed by atoms with Crippen molar-refractivity contribution in [3.8, 4) is 0 Å². The molecule has 66 valence electrons. The first-order chi connectivity index (χ1) is 5.09. The Balaban J connectivity index is 3.80. The van der Waals surface area contributed by atoms with Crippen LogP contribution in [0.1, 0.15) is 40.5 Å². The van der Waals surface area contributed by atoms with Crippen molar-refractivity contribution in [2.45, 2.75) is 46.6 Å². The van der Waals surface area contributed by atoms with E-state index in [2.05, 4.69) is 20.8 Å². The second kappa shape index (κ2) is 5.16. The zero-order valence-electron chi connectivity index (χ0n) is 8.05. The third kappa shape index (κ3) is 4.02. The lowest BCUT2D eigenvalue weighted by molar-refractivity contribution is -0.130. The van der Waals surface area contributed by atoms with Crippen molar-refractivity contribution in [3.05, 3.63) is 0 Å². The van der Waals surface area contributed by atoms with Gasteiger partial charge in [-0.25, -0.2) is 0 Å². The van der Waals surface area contributed by atoms with E-state index in [0.717, 1.165) is 19.4 Å². The van der Waals surface area contributed by atoms with Crippen LogP contribution in [0.5, 0.6) is 0 Å². The molecule has 2 heteroatoms. The van der Waals surface area contributed by atoms with E-state index in [-0.39, 0.29) is 5.91 Å². The molecule has 0 aliphatic rings. The first-order valence-corrected chi connectivity index (χ1v) is 4.36. The van der Waals surface area contributed by atoms with Gasteiger partial charge in [-0.15, -0.1) is 0 Å². The third-order valence-corrected chi connectivity index (χ3v) is 1.78. The van der Waals surface area contributed by atoms with Crippen molar-refractivity contribution in [1.29, 1.82) is 0 Å². The summed E-state index contributed by atoms with van der Waals surface area (Å²) in [6.07, 6.45) is 2.26. The molecule has 0 radical (unpaired) electrons. The average molecular weight is 157 g/mol. The smallest absolute Gasteiger partial charge is 0.219 e. The summed E-state index contributed by atoms with van der Waals surface area (Å²) in [6.45, 7) is 8.78. The summed E-state index contributed by atoms with van der Waals surface area (Å²) in [5, 5.41) is 0. The number of hydrogen-bond acceptors (Lipinski definition) is 1. The van der Waals surface area contributed by atoms with Crippen LogP contribution in [0.15, 0.2) is 0 Å². The van der Waals surface area contributed by atoms with Crippen molar-refractivity contribution in [3.63, 3.8) is 0 Å². The summed E-state index contributed by atoms with van der Waals surface area (Å²) in [5.41, 5.74) is 0. The highest BCUT2D eigenvalue weighted by atomic mass is 16.2. The molecule has 0 spiro atoms. The topological polar surface area (TPSA) is 20.3 Å². The minimum Gasteiger partial charge on any atom is -0.341 e. The molecule has 0 N–H and O–H groups in total. The second-order valence-corrected chi connectivity index (χ2v) is 3.16. The van der Waals surface area contributed by atoms with Crippen molar-refractivity contribution in [1.82, 2.24) is 4.90 Å². The molecule has 0 fully saturated rings. The van der Waals surface area contributed by atoms with Crippen LogP contribution in [0.2, 0.25) is 0 Å². The lowest BCUT2D eigenvalue weighted by Crippen LogP contribution is -2.35. The van der Waals surface area contributed by atoms with Gasteiger partial charge in [0.2, 0.25) is 5.91 Å². The molecule has 0 aromatic carbocycles. The van der Waals surface area contributed by atoms with Crippen LogP contribution in [0.4, 0.5) is 0 Å². The van der Waals surface area contributed by atoms with Gasteiger partial charge in [-0.3, -0.25) is 4.79 Å². The van der Waals surface area contributed by atoms with E-state index >= 15 is 0 Å². The van der Waals surface area contributed by atoms with Crippen LogP contribution in [0, 0.1) is 0 Å². The Morgan fingerprint density at radius 3 is 2.27 bits per heavy atom. The van der Waals surface area contributed by atoms with E-state index in [1.54, 1.807) is 6.92 Å². The van der Waals surface area contributed by atoms with Gasteiger partial charge < -0.3 is 4.90 Å². The van der Waals surface area contributed by atoms with Crippen molar-refractivity contribution in [2.75, 3.05) is 6.54 Å². The molecule has 1 amide bonds. The lowest BCUT2D eigenvalue weighted by Gasteiger charge is -2.24. The summed E-state index contributed by atoms with van der Waals surface area (Å²) in [4.78, 5) is 12.9. The molecular weight excluding hydrogens is 138 g/mol. The Bertz CT molecular complexity index is 121. The molecule has 0 atom stereocenters. The van der Waals surface area contributed by atoms with Crippen LogP contribution in [0.3, 0.4) is 0 Å². The molecule has 11 heavy (non-hydrogen) atoms. The minimum absolute atomic E-state index is 0.188. The summed E-state index contributed by atoms with van der Waals surface area (Å²) >= 11 is 0. The van der Waals surface area contributed by atoms with Crippen LogP contribution >= 0.6 is 0 Å². The Kier molecular flexibility index (Phi) is 4.92. The fourth-order valence-electron chi connectivity index (χ4n) is 1.11. The molecular formula is C9H19NO.